The highest BCUT2D eigenvalue weighted by Gasteiger charge is 2.20. The summed E-state index contributed by atoms with van der Waals surface area (Å²) in [6.45, 7) is 0.316. The second-order valence-corrected chi connectivity index (χ2v) is 8.34. The minimum Gasteiger partial charge on any atom is -0.493 e. The molecule has 2 N–H and O–H groups in total. The van der Waals surface area contributed by atoms with Crippen molar-refractivity contribution in [3.63, 3.8) is 0 Å². The molecule has 3 aromatic rings. The first kappa shape index (κ1) is 23.5. The molecule has 0 aliphatic carbocycles. The predicted octanol–water partition coefficient (Wildman–Crippen LogP) is 3.21. The number of carbonyl (C=O) groups excluding carboxylic acids is 1. The van der Waals surface area contributed by atoms with E-state index in [1.165, 1.54) is 37.4 Å². The second-order valence-electron chi connectivity index (χ2n) is 6.66. The molecule has 3 rings (SSSR count). The summed E-state index contributed by atoms with van der Waals surface area (Å²) in [6, 6.07) is 17.7. The van der Waals surface area contributed by atoms with E-state index >= 15 is 0 Å². The Morgan fingerprint density at radius 1 is 1.00 bits per heavy atom. The van der Waals surface area contributed by atoms with Gasteiger partial charge in [0.25, 0.3) is 21.6 Å². The van der Waals surface area contributed by atoms with E-state index in [0.29, 0.717) is 11.5 Å². The summed E-state index contributed by atoms with van der Waals surface area (Å²) >= 11 is 0. The van der Waals surface area contributed by atoms with Crippen LogP contribution in [0.25, 0.3) is 0 Å². The maximum absolute atomic E-state index is 12.7. The van der Waals surface area contributed by atoms with Crippen LogP contribution >= 0.6 is 0 Å². The Hall–Kier alpha value is -4.12. The molecule has 0 unspecified atom stereocenters. The fraction of sp³-hybridized carbons (Fsp3) is 0.136. The highest BCUT2D eigenvalue weighted by atomic mass is 32.2. The number of hydrogen-bond acceptors (Lipinski definition) is 7. The molecular weight excluding hydrogens is 450 g/mol. The molecule has 3 aromatic carbocycles. The van der Waals surface area contributed by atoms with Crippen molar-refractivity contribution < 1.29 is 27.6 Å². The molecule has 0 aliphatic rings. The van der Waals surface area contributed by atoms with Crippen molar-refractivity contribution in [3.8, 4) is 11.5 Å². The Balaban J connectivity index is 1.67. The first-order chi connectivity index (χ1) is 15.8. The van der Waals surface area contributed by atoms with E-state index in [-0.39, 0.29) is 35.0 Å². The molecule has 172 valence electrons. The summed E-state index contributed by atoms with van der Waals surface area (Å²) in [4.78, 5) is 22.6. The van der Waals surface area contributed by atoms with Gasteiger partial charge in [0.15, 0.2) is 11.5 Å². The van der Waals surface area contributed by atoms with Crippen molar-refractivity contribution >= 4 is 27.3 Å². The number of nitrogens with zero attached hydrogens (tertiary/aromatic N) is 1. The Morgan fingerprint density at radius 3 is 2.42 bits per heavy atom. The average Bonchev–Trinajstić information content (AvgIpc) is 2.82. The van der Waals surface area contributed by atoms with E-state index in [9.17, 15) is 23.3 Å². The van der Waals surface area contributed by atoms with Gasteiger partial charge >= 0.3 is 0 Å². The molecule has 11 heteroatoms. The van der Waals surface area contributed by atoms with Gasteiger partial charge in [-0.25, -0.2) is 8.42 Å². The highest BCUT2D eigenvalue weighted by Crippen LogP contribution is 2.26. The molecule has 33 heavy (non-hydrogen) atoms. The second kappa shape index (κ2) is 10.5. The normalized spacial score (nSPS) is 10.8. The summed E-state index contributed by atoms with van der Waals surface area (Å²) < 4.78 is 38.6. The number of nitrogens with one attached hydrogen (secondary N) is 2. The zero-order valence-corrected chi connectivity index (χ0v) is 18.4. The Morgan fingerprint density at radius 2 is 1.70 bits per heavy atom. The van der Waals surface area contributed by atoms with E-state index in [2.05, 4.69) is 10.0 Å². The number of para-hydroxylation sites is 3. The number of hydrogen-bond donors (Lipinski definition) is 2. The molecule has 0 aliphatic heterocycles. The summed E-state index contributed by atoms with van der Waals surface area (Å²) in [6.07, 6.45) is 0. The number of sulfonamides is 1. The van der Waals surface area contributed by atoms with Gasteiger partial charge in [-0.05, 0) is 30.3 Å². The summed E-state index contributed by atoms with van der Waals surface area (Å²) in [5.74, 6) is 0.570. The molecule has 0 saturated carbocycles. The third kappa shape index (κ3) is 5.98. The molecule has 1 amide bonds. The van der Waals surface area contributed by atoms with Gasteiger partial charge in [-0.1, -0.05) is 30.3 Å². The lowest BCUT2D eigenvalue weighted by Gasteiger charge is -2.13. The topological polar surface area (TPSA) is 137 Å². The minimum atomic E-state index is -4.17. The predicted molar refractivity (Wildman–Crippen MR) is 121 cm³/mol. The fourth-order valence-electron chi connectivity index (χ4n) is 2.90. The molecule has 0 radical (unpaired) electrons. The van der Waals surface area contributed by atoms with Crippen LogP contribution in [-0.2, 0) is 10.0 Å². The number of benzene rings is 3. The van der Waals surface area contributed by atoms with Gasteiger partial charge in [-0.3, -0.25) is 19.6 Å². The van der Waals surface area contributed by atoms with Gasteiger partial charge in [0.2, 0.25) is 0 Å². The molecule has 10 nitrogen and oxygen atoms in total. The van der Waals surface area contributed by atoms with E-state index in [1.807, 2.05) is 0 Å². The summed E-state index contributed by atoms with van der Waals surface area (Å²) in [5.41, 5.74) is -0.241. The average molecular weight is 471 g/mol. The van der Waals surface area contributed by atoms with Gasteiger partial charge < -0.3 is 14.8 Å². The van der Waals surface area contributed by atoms with Crippen LogP contribution in [0.1, 0.15) is 10.4 Å². The third-order valence-electron chi connectivity index (χ3n) is 4.47. The molecular formula is C22H21N3O7S. The molecule has 0 saturated heterocycles. The van der Waals surface area contributed by atoms with Crippen molar-refractivity contribution in [1.82, 2.24) is 5.32 Å². The zero-order valence-electron chi connectivity index (χ0n) is 17.6. The first-order valence-corrected chi connectivity index (χ1v) is 11.2. The van der Waals surface area contributed by atoms with Crippen molar-refractivity contribution in [3.05, 3.63) is 88.5 Å². The number of carbonyl (C=O) groups is 1. The number of nitro groups is 1. The molecule has 0 fully saturated rings. The number of non-ortho nitro benzene ring substituents is 1. The van der Waals surface area contributed by atoms with Crippen molar-refractivity contribution in [1.29, 1.82) is 0 Å². The summed E-state index contributed by atoms with van der Waals surface area (Å²) in [7, 11) is -2.64. The smallest absolute Gasteiger partial charge is 0.270 e. The standard InChI is InChI=1S/C22H21N3O7S/c1-31-20-11-4-5-12-21(20)32-14-13-23-22(26)18-9-2-3-10-19(18)24-33(29,30)17-8-6-7-16(15-17)25(27)28/h2-12,15,24H,13-14H2,1H3,(H,23,26). The SMILES string of the molecule is COc1ccccc1OCCNC(=O)c1ccccc1NS(=O)(=O)c1cccc([N+](=O)[O-])c1. The molecule has 0 heterocycles. The molecule has 0 bridgehead atoms. The Kier molecular flexibility index (Phi) is 7.46. The summed E-state index contributed by atoms with van der Waals surface area (Å²) in [5, 5.41) is 13.6. The van der Waals surface area contributed by atoms with Crippen LogP contribution in [0, 0.1) is 10.1 Å². The van der Waals surface area contributed by atoms with Gasteiger partial charge in [0.05, 0.1) is 34.7 Å². The number of anilines is 1. The molecule has 0 aromatic heterocycles. The number of methoxy groups -OCH3 is 1. The quantitative estimate of drug-likeness (QED) is 0.263. The molecule has 0 atom stereocenters. The highest BCUT2D eigenvalue weighted by molar-refractivity contribution is 7.92. The number of nitro benzene ring substituents is 1. The lowest BCUT2D eigenvalue weighted by molar-refractivity contribution is -0.385. The maximum Gasteiger partial charge on any atom is 0.270 e. The van der Waals surface area contributed by atoms with Crippen LogP contribution in [0.4, 0.5) is 11.4 Å². The lowest BCUT2D eigenvalue weighted by Crippen LogP contribution is -2.29. The van der Waals surface area contributed by atoms with E-state index in [1.54, 1.807) is 36.4 Å². The fourth-order valence-corrected chi connectivity index (χ4v) is 4.02. The minimum absolute atomic E-state index is 0.0344. The van der Waals surface area contributed by atoms with Gasteiger partial charge in [0.1, 0.15) is 6.61 Å². The van der Waals surface area contributed by atoms with Crippen LogP contribution in [0.15, 0.2) is 77.7 Å². The zero-order chi connectivity index (χ0) is 23.8. The van der Waals surface area contributed by atoms with Crippen LogP contribution < -0.4 is 19.5 Å². The van der Waals surface area contributed by atoms with E-state index in [0.717, 1.165) is 6.07 Å². The van der Waals surface area contributed by atoms with Crippen molar-refractivity contribution in [2.24, 2.45) is 0 Å². The van der Waals surface area contributed by atoms with Crippen LogP contribution in [-0.4, -0.2) is 39.5 Å². The molecule has 0 spiro atoms. The van der Waals surface area contributed by atoms with Crippen LogP contribution in [0.5, 0.6) is 11.5 Å². The Labute approximate surface area is 190 Å². The van der Waals surface area contributed by atoms with E-state index in [4.69, 9.17) is 9.47 Å². The van der Waals surface area contributed by atoms with Crippen LogP contribution in [0.2, 0.25) is 0 Å². The van der Waals surface area contributed by atoms with Gasteiger partial charge in [0, 0.05) is 12.1 Å². The van der Waals surface area contributed by atoms with Crippen molar-refractivity contribution in [2.75, 3.05) is 25.0 Å². The maximum atomic E-state index is 12.7. The largest absolute Gasteiger partial charge is 0.493 e. The van der Waals surface area contributed by atoms with E-state index < -0.39 is 20.9 Å². The number of rotatable bonds is 10. The van der Waals surface area contributed by atoms with Gasteiger partial charge in [-0.2, -0.15) is 0 Å². The van der Waals surface area contributed by atoms with Crippen LogP contribution in [0.3, 0.4) is 0 Å². The lowest BCUT2D eigenvalue weighted by atomic mass is 10.1. The first-order valence-electron chi connectivity index (χ1n) is 9.72. The monoisotopic (exact) mass is 471 g/mol. The van der Waals surface area contributed by atoms with Crippen molar-refractivity contribution in [2.45, 2.75) is 4.90 Å². The number of amides is 1. The third-order valence-corrected chi connectivity index (χ3v) is 5.83. The number of ether oxygens (including phenoxy) is 2. The van der Waals surface area contributed by atoms with Gasteiger partial charge in [-0.15, -0.1) is 0 Å². The Bertz CT molecular complexity index is 1260.